The highest BCUT2D eigenvalue weighted by Crippen LogP contribution is 2.30. The van der Waals surface area contributed by atoms with E-state index in [2.05, 4.69) is 20.4 Å². The van der Waals surface area contributed by atoms with Gasteiger partial charge in [0.15, 0.2) is 11.5 Å². The van der Waals surface area contributed by atoms with Crippen molar-refractivity contribution in [1.29, 1.82) is 0 Å². The predicted octanol–water partition coefficient (Wildman–Crippen LogP) is 1.70. The van der Waals surface area contributed by atoms with E-state index in [0.29, 0.717) is 28.7 Å². The van der Waals surface area contributed by atoms with E-state index in [1.165, 1.54) is 26.2 Å². The summed E-state index contributed by atoms with van der Waals surface area (Å²) >= 11 is 0. The van der Waals surface area contributed by atoms with Gasteiger partial charge >= 0.3 is 0 Å². The lowest BCUT2D eigenvalue weighted by molar-refractivity contribution is -0.117. The standard InChI is InChI=1S/C18H20N6O3S/c1-11-19-16-10-15(21-18(25)13-4-5-13)20-17(24(16)22-11)12-6-8-14(9-7-12)28(26,27)23(2)3/h6-10,13H,4-5H2,1-3H3,(H,21,25). The molecule has 1 fully saturated rings. The Morgan fingerprint density at radius 2 is 1.86 bits per heavy atom. The zero-order valence-corrected chi connectivity index (χ0v) is 16.6. The van der Waals surface area contributed by atoms with E-state index in [0.717, 1.165) is 17.1 Å². The smallest absolute Gasteiger partial charge is 0.242 e. The molecular weight excluding hydrogens is 380 g/mol. The first kappa shape index (κ1) is 18.5. The molecule has 146 valence electrons. The largest absolute Gasteiger partial charge is 0.310 e. The maximum absolute atomic E-state index is 12.3. The van der Waals surface area contributed by atoms with Crippen molar-refractivity contribution in [3.05, 3.63) is 36.2 Å². The molecule has 1 saturated carbocycles. The molecule has 0 unspecified atom stereocenters. The van der Waals surface area contributed by atoms with E-state index in [9.17, 15) is 13.2 Å². The Balaban J connectivity index is 1.77. The molecule has 10 heteroatoms. The third-order valence-corrected chi connectivity index (χ3v) is 6.35. The number of nitrogens with zero attached hydrogens (tertiary/aromatic N) is 5. The predicted molar refractivity (Wildman–Crippen MR) is 103 cm³/mol. The maximum atomic E-state index is 12.3. The number of aryl methyl sites for hydroxylation is 1. The number of rotatable bonds is 5. The summed E-state index contributed by atoms with van der Waals surface area (Å²) in [5.41, 5.74) is 1.22. The van der Waals surface area contributed by atoms with Gasteiger partial charge < -0.3 is 5.32 Å². The molecule has 0 aliphatic heterocycles. The molecule has 9 nitrogen and oxygen atoms in total. The van der Waals surface area contributed by atoms with Crippen LogP contribution in [0.4, 0.5) is 5.82 Å². The first-order valence-corrected chi connectivity index (χ1v) is 10.3. The zero-order valence-electron chi connectivity index (χ0n) is 15.7. The number of amides is 1. The Hall–Kier alpha value is -2.85. The number of aromatic nitrogens is 4. The molecule has 0 spiro atoms. The normalized spacial score (nSPS) is 14.6. The van der Waals surface area contributed by atoms with Crippen LogP contribution in [0.15, 0.2) is 35.2 Å². The SMILES string of the molecule is Cc1nc2cc(NC(=O)C3CC3)nc(-c3ccc(S(=O)(=O)N(C)C)cc3)n2n1. The number of carbonyl (C=O) groups excluding carboxylic acids is 1. The Bertz CT molecular complexity index is 1160. The first-order valence-electron chi connectivity index (χ1n) is 8.84. The van der Waals surface area contributed by atoms with Gasteiger partial charge in [-0.25, -0.2) is 22.7 Å². The van der Waals surface area contributed by atoms with E-state index in [-0.39, 0.29) is 16.7 Å². The Kier molecular flexibility index (Phi) is 4.39. The van der Waals surface area contributed by atoms with Gasteiger partial charge in [-0.2, -0.15) is 4.52 Å². The second-order valence-electron chi connectivity index (χ2n) is 6.97. The molecule has 1 aromatic carbocycles. The molecule has 1 amide bonds. The minimum atomic E-state index is -3.52. The summed E-state index contributed by atoms with van der Waals surface area (Å²) in [6.07, 6.45) is 1.79. The number of benzene rings is 1. The van der Waals surface area contributed by atoms with Crippen molar-refractivity contribution in [1.82, 2.24) is 23.9 Å². The summed E-state index contributed by atoms with van der Waals surface area (Å²) in [4.78, 5) is 21.2. The molecule has 28 heavy (non-hydrogen) atoms. The van der Waals surface area contributed by atoms with Crippen LogP contribution in [-0.4, -0.2) is 52.3 Å². The van der Waals surface area contributed by atoms with Gasteiger partial charge in [0, 0.05) is 31.6 Å². The zero-order chi connectivity index (χ0) is 20.1. The van der Waals surface area contributed by atoms with E-state index < -0.39 is 10.0 Å². The topological polar surface area (TPSA) is 110 Å². The van der Waals surface area contributed by atoms with E-state index in [4.69, 9.17) is 0 Å². The van der Waals surface area contributed by atoms with Gasteiger partial charge in [0.1, 0.15) is 11.6 Å². The number of sulfonamides is 1. The van der Waals surface area contributed by atoms with Crippen LogP contribution in [0.25, 0.3) is 17.0 Å². The molecule has 2 aromatic heterocycles. The van der Waals surface area contributed by atoms with E-state index >= 15 is 0 Å². The summed E-state index contributed by atoms with van der Waals surface area (Å²) in [5, 5.41) is 7.19. The van der Waals surface area contributed by atoms with Crippen molar-refractivity contribution in [3.8, 4) is 11.4 Å². The van der Waals surface area contributed by atoms with Crippen LogP contribution in [0.3, 0.4) is 0 Å². The fourth-order valence-corrected chi connectivity index (χ4v) is 3.71. The van der Waals surface area contributed by atoms with Crippen molar-refractivity contribution in [2.75, 3.05) is 19.4 Å². The van der Waals surface area contributed by atoms with Gasteiger partial charge in [-0.1, -0.05) is 0 Å². The number of fused-ring (bicyclic) bond motifs is 1. The van der Waals surface area contributed by atoms with Crippen LogP contribution in [0.5, 0.6) is 0 Å². The third kappa shape index (κ3) is 3.36. The summed E-state index contributed by atoms with van der Waals surface area (Å²) in [5.74, 6) is 1.44. The molecule has 0 atom stereocenters. The molecular formula is C18H20N6O3S. The second kappa shape index (κ2) is 6.64. The highest BCUT2D eigenvalue weighted by Gasteiger charge is 2.30. The molecule has 0 saturated heterocycles. The first-order chi connectivity index (χ1) is 13.3. The summed E-state index contributed by atoms with van der Waals surface area (Å²) in [6.45, 7) is 1.77. The number of carbonyl (C=O) groups is 1. The Morgan fingerprint density at radius 3 is 2.46 bits per heavy atom. The number of anilines is 1. The van der Waals surface area contributed by atoms with Crippen molar-refractivity contribution in [3.63, 3.8) is 0 Å². The molecule has 2 heterocycles. The number of hydrogen-bond acceptors (Lipinski definition) is 6. The van der Waals surface area contributed by atoms with Crippen LogP contribution in [0, 0.1) is 12.8 Å². The number of hydrogen-bond donors (Lipinski definition) is 1. The molecule has 0 radical (unpaired) electrons. The maximum Gasteiger partial charge on any atom is 0.242 e. The van der Waals surface area contributed by atoms with E-state index in [1.807, 2.05) is 0 Å². The lowest BCUT2D eigenvalue weighted by Gasteiger charge is -2.12. The van der Waals surface area contributed by atoms with Crippen LogP contribution >= 0.6 is 0 Å². The highest BCUT2D eigenvalue weighted by molar-refractivity contribution is 7.89. The average Bonchev–Trinajstić information content (AvgIpc) is 3.43. The van der Waals surface area contributed by atoms with Crippen LogP contribution < -0.4 is 5.32 Å². The highest BCUT2D eigenvalue weighted by atomic mass is 32.2. The van der Waals surface area contributed by atoms with Crippen molar-refractivity contribution in [2.24, 2.45) is 5.92 Å². The third-order valence-electron chi connectivity index (χ3n) is 4.52. The summed E-state index contributed by atoms with van der Waals surface area (Å²) in [7, 11) is -0.550. The van der Waals surface area contributed by atoms with Gasteiger partial charge in [0.05, 0.1) is 4.90 Å². The molecule has 0 bridgehead atoms. The van der Waals surface area contributed by atoms with Crippen molar-refractivity contribution in [2.45, 2.75) is 24.7 Å². The lowest BCUT2D eigenvalue weighted by Crippen LogP contribution is -2.22. The van der Waals surface area contributed by atoms with Gasteiger partial charge in [-0.05, 0) is 44.0 Å². The van der Waals surface area contributed by atoms with Crippen LogP contribution in [0.1, 0.15) is 18.7 Å². The molecule has 1 aliphatic rings. The minimum Gasteiger partial charge on any atom is -0.310 e. The van der Waals surface area contributed by atoms with Gasteiger partial charge in [0.25, 0.3) is 0 Å². The van der Waals surface area contributed by atoms with Gasteiger partial charge in [-0.15, -0.1) is 5.10 Å². The average molecular weight is 400 g/mol. The van der Waals surface area contributed by atoms with Crippen LogP contribution in [0.2, 0.25) is 0 Å². The quantitative estimate of drug-likeness (QED) is 0.698. The molecule has 4 rings (SSSR count). The number of nitrogens with one attached hydrogen (secondary N) is 1. The van der Waals surface area contributed by atoms with Gasteiger partial charge in [0.2, 0.25) is 15.9 Å². The summed E-state index contributed by atoms with van der Waals surface area (Å²) < 4.78 is 27.3. The molecule has 3 aromatic rings. The second-order valence-corrected chi connectivity index (χ2v) is 9.12. The molecule has 1 aliphatic carbocycles. The monoisotopic (exact) mass is 400 g/mol. The van der Waals surface area contributed by atoms with Crippen molar-refractivity contribution < 1.29 is 13.2 Å². The molecule has 1 N–H and O–H groups in total. The minimum absolute atomic E-state index is 0.0496. The van der Waals surface area contributed by atoms with Gasteiger partial charge in [-0.3, -0.25) is 4.79 Å². The summed E-state index contributed by atoms with van der Waals surface area (Å²) in [6, 6.07) is 8.06. The Labute approximate surface area is 162 Å². The Morgan fingerprint density at radius 1 is 1.18 bits per heavy atom. The van der Waals surface area contributed by atoms with Crippen molar-refractivity contribution >= 4 is 27.4 Å². The fraction of sp³-hybridized carbons (Fsp3) is 0.333. The lowest BCUT2D eigenvalue weighted by atomic mass is 10.2. The van der Waals surface area contributed by atoms with E-state index in [1.54, 1.807) is 29.6 Å². The van der Waals surface area contributed by atoms with Crippen LogP contribution in [-0.2, 0) is 14.8 Å². The fourth-order valence-electron chi connectivity index (χ4n) is 2.81.